The molecule has 0 saturated carbocycles. The Labute approximate surface area is 191 Å². The number of ether oxygens (including phenoxy) is 1. The summed E-state index contributed by atoms with van der Waals surface area (Å²) < 4.78 is 12.2. The average Bonchev–Trinajstić information content (AvgIpc) is 3.09. The maximum Gasteiger partial charge on any atom is 0.296 e. The van der Waals surface area contributed by atoms with Crippen LogP contribution >= 0.6 is 15.9 Å². The largest absolute Gasteiger partial charge is 0.504 e. The molecule has 0 radical (unpaired) electrons. The molecule has 8 heteroatoms. The van der Waals surface area contributed by atoms with E-state index < -0.39 is 11.9 Å². The normalized spacial score (nSPS) is 15.2. The number of rotatable bonds is 4. The fraction of sp³-hybridized carbons (Fsp3) is 0.125. The number of anilines is 1. The summed E-state index contributed by atoms with van der Waals surface area (Å²) in [5.41, 5.74) is 0.836. The van der Waals surface area contributed by atoms with Crippen LogP contribution in [0, 0.1) is 0 Å². The number of hydrogen-bond donors (Lipinski definition) is 1. The molecule has 0 bridgehead atoms. The van der Waals surface area contributed by atoms with Crippen molar-refractivity contribution >= 4 is 38.6 Å². The molecule has 0 fully saturated rings. The molecular weight excluding hydrogens is 476 g/mol. The molecular formula is C24H17BrN2O5. The Morgan fingerprint density at radius 3 is 2.75 bits per heavy atom. The first kappa shape index (κ1) is 20.3. The number of halogens is 1. The van der Waals surface area contributed by atoms with Crippen LogP contribution in [-0.4, -0.2) is 22.6 Å². The van der Waals surface area contributed by atoms with Crippen LogP contribution in [0.1, 0.15) is 34.6 Å². The van der Waals surface area contributed by atoms with Gasteiger partial charge in [-0.05, 0) is 55.0 Å². The van der Waals surface area contributed by atoms with E-state index in [9.17, 15) is 14.7 Å². The van der Waals surface area contributed by atoms with Crippen LogP contribution in [-0.2, 0) is 0 Å². The van der Waals surface area contributed by atoms with Gasteiger partial charge >= 0.3 is 0 Å². The van der Waals surface area contributed by atoms with Crippen molar-refractivity contribution in [3.8, 4) is 11.5 Å². The molecule has 2 aromatic carbocycles. The van der Waals surface area contributed by atoms with Gasteiger partial charge in [0.2, 0.25) is 5.76 Å². The third-order valence-corrected chi connectivity index (χ3v) is 5.82. The number of nitrogens with zero attached hydrogens (tertiary/aromatic N) is 2. The fourth-order valence-corrected chi connectivity index (χ4v) is 4.33. The molecule has 2 aromatic heterocycles. The topological polar surface area (TPSA) is 92.9 Å². The molecule has 3 heterocycles. The van der Waals surface area contributed by atoms with E-state index >= 15 is 0 Å². The summed E-state index contributed by atoms with van der Waals surface area (Å²) in [6.45, 7) is 2.15. The van der Waals surface area contributed by atoms with E-state index in [2.05, 4.69) is 20.9 Å². The molecule has 32 heavy (non-hydrogen) atoms. The number of carbonyl (C=O) groups excluding carboxylic acids is 1. The minimum absolute atomic E-state index is 0.0217. The van der Waals surface area contributed by atoms with Gasteiger partial charge in [0.15, 0.2) is 16.9 Å². The molecule has 1 amide bonds. The van der Waals surface area contributed by atoms with E-state index in [0.29, 0.717) is 29.0 Å². The van der Waals surface area contributed by atoms with Crippen molar-refractivity contribution in [2.24, 2.45) is 0 Å². The molecule has 0 saturated heterocycles. The van der Waals surface area contributed by atoms with E-state index in [1.54, 1.807) is 61.7 Å². The van der Waals surface area contributed by atoms with Gasteiger partial charge in [-0.3, -0.25) is 14.5 Å². The number of phenols is 1. The van der Waals surface area contributed by atoms with Crippen molar-refractivity contribution < 1.29 is 19.1 Å². The van der Waals surface area contributed by atoms with Crippen molar-refractivity contribution in [1.29, 1.82) is 0 Å². The zero-order chi connectivity index (χ0) is 22.4. The predicted molar refractivity (Wildman–Crippen MR) is 122 cm³/mol. The lowest BCUT2D eigenvalue weighted by Gasteiger charge is -2.24. The second-order valence-corrected chi connectivity index (χ2v) is 8.16. The lowest BCUT2D eigenvalue weighted by molar-refractivity contribution is 0.0970. The first-order valence-electron chi connectivity index (χ1n) is 9.96. The molecule has 1 unspecified atom stereocenters. The Kier molecular flexibility index (Phi) is 4.94. The molecule has 7 nitrogen and oxygen atoms in total. The number of fused-ring (bicyclic) bond motifs is 2. The van der Waals surface area contributed by atoms with Crippen LogP contribution in [0.5, 0.6) is 11.5 Å². The summed E-state index contributed by atoms with van der Waals surface area (Å²) in [4.78, 5) is 32.8. The SMILES string of the molecule is CCOc1cc(C2c3c(oc4ccc(Br)cc4c3=O)C(=O)N2c2ccccn2)ccc1O. The van der Waals surface area contributed by atoms with Crippen LogP contribution in [0.4, 0.5) is 5.82 Å². The van der Waals surface area contributed by atoms with Crippen molar-refractivity contribution in [3.63, 3.8) is 0 Å². The van der Waals surface area contributed by atoms with Crippen LogP contribution in [0.15, 0.2) is 74.5 Å². The molecule has 1 atom stereocenters. The summed E-state index contributed by atoms with van der Waals surface area (Å²) in [6, 6.07) is 14.3. The van der Waals surface area contributed by atoms with E-state index in [-0.39, 0.29) is 28.3 Å². The first-order chi connectivity index (χ1) is 15.5. The van der Waals surface area contributed by atoms with Gasteiger partial charge in [0, 0.05) is 10.7 Å². The predicted octanol–water partition coefficient (Wildman–Crippen LogP) is 4.80. The number of benzene rings is 2. The quantitative estimate of drug-likeness (QED) is 0.439. The molecule has 5 rings (SSSR count). The highest BCUT2D eigenvalue weighted by molar-refractivity contribution is 9.10. The Morgan fingerprint density at radius 1 is 1.16 bits per heavy atom. The second-order valence-electron chi connectivity index (χ2n) is 7.24. The van der Waals surface area contributed by atoms with Crippen LogP contribution in [0.2, 0.25) is 0 Å². The van der Waals surface area contributed by atoms with Gasteiger partial charge in [-0.2, -0.15) is 0 Å². The molecule has 1 aliphatic heterocycles. The van der Waals surface area contributed by atoms with Crippen LogP contribution in [0.25, 0.3) is 11.0 Å². The molecule has 0 aliphatic carbocycles. The highest BCUT2D eigenvalue weighted by Crippen LogP contribution is 2.42. The zero-order valence-electron chi connectivity index (χ0n) is 16.9. The number of aromatic hydroxyl groups is 1. The van der Waals surface area contributed by atoms with E-state index in [0.717, 1.165) is 4.47 Å². The molecule has 4 aromatic rings. The fourth-order valence-electron chi connectivity index (χ4n) is 3.96. The molecule has 1 aliphatic rings. The molecule has 0 spiro atoms. The van der Waals surface area contributed by atoms with E-state index in [1.807, 2.05) is 0 Å². The zero-order valence-corrected chi connectivity index (χ0v) is 18.5. The van der Waals surface area contributed by atoms with E-state index in [1.165, 1.54) is 11.0 Å². The Balaban J connectivity index is 1.81. The highest BCUT2D eigenvalue weighted by atomic mass is 79.9. The Hall–Kier alpha value is -3.65. The summed E-state index contributed by atoms with van der Waals surface area (Å²) in [7, 11) is 0. The number of hydrogen-bond acceptors (Lipinski definition) is 6. The van der Waals surface area contributed by atoms with Crippen LogP contribution in [0.3, 0.4) is 0 Å². The van der Waals surface area contributed by atoms with Gasteiger partial charge < -0.3 is 14.3 Å². The minimum Gasteiger partial charge on any atom is -0.504 e. The third-order valence-electron chi connectivity index (χ3n) is 5.33. The van der Waals surface area contributed by atoms with Crippen molar-refractivity contribution in [3.05, 3.63) is 92.4 Å². The summed E-state index contributed by atoms with van der Waals surface area (Å²) in [5.74, 6) is 0.131. The number of amides is 1. The maximum atomic E-state index is 13.6. The average molecular weight is 493 g/mol. The van der Waals surface area contributed by atoms with Gasteiger partial charge in [-0.25, -0.2) is 4.98 Å². The lowest BCUT2D eigenvalue weighted by atomic mass is 9.98. The monoisotopic (exact) mass is 492 g/mol. The highest BCUT2D eigenvalue weighted by Gasteiger charge is 2.44. The van der Waals surface area contributed by atoms with Gasteiger partial charge in [-0.15, -0.1) is 0 Å². The van der Waals surface area contributed by atoms with Gasteiger partial charge in [0.05, 0.1) is 23.6 Å². The lowest BCUT2D eigenvalue weighted by Crippen LogP contribution is -2.30. The first-order valence-corrected chi connectivity index (χ1v) is 10.8. The Morgan fingerprint density at radius 2 is 2.00 bits per heavy atom. The third kappa shape index (κ3) is 3.15. The number of phenolic OH excluding ortho intramolecular Hbond substituents is 1. The second kappa shape index (κ2) is 7.80. The van der Waals surface area contributed by atoms with Crippen molar-refractivity contribution in [2.45, 2.75) is 13.0 Å². The Bertz CT molecular complexity index is 1420. The standard InChI is InChI=1S/C24H17BrN2O5/c1-2-31-18-11-13(6-8-16(18)28)21-20-22(29)15-12-14(25)7-9-17(15)32-23(20)24(30)27(21)19-5-3-4-10-26-19/h3-12,21,28H,2H2,1H3. The van der Waals surface area contributed by atoms with Gasteiger partial charge in [0.25, 0.3) is 5.91 Å². The number of carbonyl (C=O) groups is 1. The van der Waals surface area contributed by atoms with Crippen molar-refractivity contribution in [2.75, 3.05) is 11.5 Å². The maximum absolute atomic E-state index is 13.6. The smallest absolute Gasteiger partial charge is 0.296 e. The van der Waals surface area contributed by atoms with Crippen molar-refractivity contribution in [1.82, 2.24) is 4.98 Å². The summed E-state index contributed by atoms with van der Waals surface area (Å²) in [6.07, 6.45) is 1.58. The molecule has 160 valence electrons. The van der Waals surface area contributed by atoms with Crippen LogP contribution < -0.4 is 15.1 Å². The number of pyridine rings is 1. The minimum atomic E-state index is -0.799. The summed E-state index contributed by atoms with van der Waals surface area (Å²) >= 11 is 3.39. The number of aromatic nitrogens is 1. The molecule has 1 N–H and O–H groups in total. The van der Waals surface area contributed by atoms with Gasteiger partial charge in [-0.1, -0.05) is 28.1 Å². The van der Waals surface area contributed by atoms with Gasteiger partial charge in [0.1, 0.15) is 11.4 Å². The van der Waals surface area contributed by atoms with E-state index in [4.69, 9.17) is 9.15 Å². The summed E-state index contributed by atoms with van der Waals surface area (Å²) in [5, 5.41) is 10.5.